The lowest BCUT2D eigenvalue weighted by Crippen LogP contribution is -2.32. The first-order valence-corrected chi connectivity index (χ1v) is 8.75. The summed E-state index contributed by atoms with van der Waals surface area (Å²) in [6.07, 6.45) is 1.10. The second-order valence-corrected chi connectivity index (χ2v) is 6.80. The van der Waals surface area contributed by atoms with Crippen molar-refractivity contribution in [2.75, 3.05) is 0 Å². The number of hydrogen-bond donors (Lipinski definition) is 1. The van der Waals surface area contributed by atoms with Gasteiger partial charge in [-0.2, -0.15) is 23.4 Å². The summed E-state index contributed by atoms with van der Waals surface area (Å²) in [5, 5.41) is 16.8. The van der Waals surface area contributed by atoms with E-state index >= 15 is 0 Å². The van der Waals surface area contributed by atoms with Crippen LogP contribution in [-0.4, -0.2) is 30.6 Å². The van der Waals surface area contributed by atoms with Gasteiger partial charge in [0.25, 0.3) is 5.56 Å². The van der Waals surface area contributed by atoms with E-state index in [0.29, 0.717) is 6.20 Å². The normalized spacial score (nSPS) is 16.3. The van der Waals surface area contributed by atoms with Gasteiger partial charge in [-0.1, -0.05) is 25.7 Å². The molecule has 1 aliphatic carbocycles. The Morgan fingerprint density at radius 3 is 2.57 bits per heavy atom. The average molecular weight is 400 g/mol. The molecule has 0 amide bonds. The van der Waals surface area contributed by atoms with Crippen LogP contribution in [0.15, 0.2) is 23.3 Å². The summed E-state index contributed by atoms with van der Waals surface area (Å²) < 4.78 is 45.9. The third-order valence-electron chi connectivity index (χ3n) is 4.82. The monoisotopic (exact) mass is 400 g/mol. The number of hydrogen-bond acceptors (Lipinski definition) is 5. The van der Waals surface area contributed by atoms with Crippen molar-refractivity contribution in [1.82, 2.24) is 19.6 Å². The fourth-order valence-electron chi connectivity index (χ4n) is 3.41. The maximum absolute atomic E-state index is 13.0. The molecule has 0 aliphatic heterocycles. The van der Waals surface area contributed by atoms with Gasteiger partial charge in [0, 0.05) is 13.1 Å². The molecule has 2 aromatic rings. The van der Waals surface area contributed by atoms with Crippen LogP contribution < -0.4 is 10.3 Å². The maximum Gasteiger partial charge on any atom is 0.423 e. The molecule has 152 valence electrons. The Morgan fingerprint density at radius 1 is 1.32 bits per heavy atom. The lowest BCUT2D eigenvalue weighted by Gasteiger charge is -2.18. The Bertz CT molecular complexity index is 916. The zero-order valence-electron chi connectivity index (χ0n) is 15.0. The summed E-state index contributed by atoms with van der Waals surface area (Å²) in [7, 11) is 1.27. The molecular formula is C17H19F3N4O4. The molecule has 0 spiro atoms. The van der Waals surface area contributed by atoms with Crippen LogP contribution in [0.25, 0.3) is 0 Å². The molecule has 1 atom stereocenters. The van der Waals surface area contributed by atoms with E-state index in [2.05, 4.69) is 10.2 Å². The molecule has 1 N–H and O–H groups in total. The first-order valence-electron chi connectivity index (χ1n) is 8.75. The highest BCUT2D eigenvalue weighted by molar-refractivity contribution is 5.71. The van der Waals surface area contributed by atoms with E-state index in [1.54, 1.807) is 0 Å². The molecule has 0 bridgehead atoms. The van der Waals surface area contributed by atoms with E-state index in [4.69, 9.17) is 4.74 Å². The summed E-state index contributed by atoms with van der Waals surface area (Å²) >= 11 is 0. The summed E-state index contributed by atoms with van der Waals surface area (Å²) in [5.74, 6) is -1.80. The van der Waals surface area contributed by atoms with Gasteiger partial charge < -0.3 is 9.84 Å². The number of carbonyl (C=O) groups is 1. The van der Waals surface area contributed by atoms with Gasteiger partial charge in [0.1, 0.15) is 5.56 Å². The molecule has 1 unspecified atom stereocenters. The molecule has 0 radical (unpaired) electrons. The number of aliphatic carboxylic acids is 1. The van der Waals surface area contributed by atoms with Crippen molar-refractivity contribution in [3.8, 4) is 11.6 Å². The van der Waals surface area contributed by atoms with E-state index < -0.39 is 35.2 Å². The smallest absolute Gasteiger partial charge is 0.423 e. The Balaban J connectivity index is 1.85. The molecular weight excluding hydrogens is 381 g/mol. The largest absolute Gasteiger partial charge is 0.480 e. The van der Waals surface area contributed by atoms with Crippen LogP contribution in [0, 0.1) is 5.92 Å². The molecule has 0 aromatic carbocycles. The zero-order chi connectivity index (χ0) is 20.5. The molecule has 1 fully saturated rings. The number of alkyl halides is 3. The van der Waals surface area contributed by atoms with Crippen molar-refractivity contribution in [2.45, 2.75) is 44.3 Å². The molecule has 1 saturated carbocycles. The van der Waals surface area contributed by atoms with Crippen LogP contribution in [0.5, 0.6) is 11.6 Å². The third kappa shape index (κ3) is 4.18. The van der Waals surface area contributed by atoms with Crippen molar-refractivity contribution in [3.05, 3.63) is 34.4 Å². The predicted octanol–water partition coefficient (Wildman–Crippen LogP) is 2.99. The molecule has 28 heavy (non-hydrogen) atoms. The summed E-state index contributed by atoms with van der Waals surface area (Å²) in [5.41, 5.74) is -1.86. The van der Waals surface area contributed by atoms with Crippen LogP contribution in [0.3, 0.4) is 0 Å². The van der Waals surface area contributed by atoms with Crippen molar-refractivity contribution in [2.24, 2.45) is 13.0 Å². The van der Waals surface area contributed by atoms with Crippen LogP contribution in [0.1, 0.15) is 43.7 Å². The highest BCUT2D eigenvalue weighted by Crippen LogP contribution is 2.37. The van der Waals surface area contributed by atoms with Gasteiger partial charge in [-0.3, -0.25) is 4.79 Å². The molecule has 0 saturated heterocycles. The third-order valence-corrected chi connectivity index (χ3v) is 4.82. The minimum atomic E-state index is -4.68. The maximum atomic E-state index is 13.0. The van der Waals surface area contributed by atoms with E-state index in [1.165, 1.54) is 7.05 Å². The van der Waals surface area contributed by atoms with Crippen molar-refractivity contribution in [1.29, 1.82) is 0 Å². The number of carboxylic acids is 1. The molecule has 3 rings (SSSR count). The Kier molecular flexibility index (Phi) is 5.43. The van der Waals surface area contributed by atoms with E-state index in [-0.39, 0.29) is 18.1 Å². The van der Waals surface area contributed by atoms with Crippen molar-refractivity contribution < 1.29 is 27.8 Å². The standard InChI is InChI=1S/C17H19F3N4O4/c1-23-15(12(9-21-23)17(18,19)20)28-11-7-14(25)24(22-8-11)13(16(26)27)6-10-4-2-3-5-10/h7-10,13H,2-6H2,1H3,(H,26,27). The van der Waals surface area contributed by atoms with Gasteiger partial charge >= 0.3 is 12.1 Å². The van der Waals surface area contributed by atoms with Crippen LogP contribution in [0.2, 0.25) is 0 Å². The highest BCUT2D eigenvalue weighted by atomic mass is 19.4. The summed E-state index contributed by atoms with van der Waals surface area (Å²) in [4.78, 5) is 24.0. The van der Waals surface area contributed by atoms with E-state index in [0.717, 1.165) is 47.3 Å². The molecule has 2 aromatic heterocycles. The minimum Gasteiger partial charge on any atom is -0.480 e. The zero-order valence-corrected chi connectivity index (χ0v) is 15.0. The lowest BCUT2D eigenvalue weighted by molar-refractivity contribution is -0.142. The number of nitrogens with zero attached hydrogens (tertiary/aromatic N) is 4. The molecule has 1 aliphatic rings. The SMILES string of the molecule is Cn1ncc(C(F)(F)F)c1Oc1cnn(C(CC2CCCC2)C(=O)O)c(=O)c1. The second kappa shape index (κ2) is 7.64. The second-order valence-electron chi connectivity index (χ2n) is 6.80. The van der Waals surface area contributed by atoms with Gasteiger partial charge in [0.15, 0.2) is 11.8 Å². The number of aryl methyl sites for hydroxylation is 1. The number of aromatic nitrogens is 4. The predicted molar refractivity (Wildman–Crippen MR) is 90.0 cm³/mol. The Hall–Kier alpha value is -2.85. The van der Waals surface area contributed by atoms with Gasteiger partial charge in [0.05, 0.1) is 12.4 Å². The number of carboxylic acid groups (broad SMARTS) is 1. The average Bonchev–Trinajstić information content (AvgIpc) is 3.23. The Morgan fingerprint density at radius 2 is 2.00 bits per heavy atom. The van der Waals surface area contributed by atoms with Crippen LogP contribution in [0.4, 0.5) is 13.2 Å². The number of ether oxygens (including phenoxy) is 1. The van der Waals surface area contributed by atoms with Gasteiger partial charge in [0.2, 0.25) is 5.88 Å². The van der Waals surface area contributed by atoms with Crippen molar-refractivity contribution >= 4 is 5.97 Å². The molecule has 11 heteroatoms. The van der Waals surface area contributed by atoms with Crippen LogP contribution >= 0.6 is 0 Å². The fraction of sp³-hybridized carbons (Fsp3) is 0.529. The Labute approximate surface area is 157 Å². The lowest BCUT2D eigenvalue weighted by atomic mass is 9.98. The van der Waals surface area contributed by atoms with Gasteiger partial charge in [-0.15, -0.1) is 0 Å². The fourth-order valence-corrected chi connectivity index (χ4v) is 3.41. The van der Waals surface area contributed by atoms with E-state index in [9.17, 15) is 27.9 Å². The number of rotatable bonds is 6. The summed E-state index contributed by atoms with van der Waals surface area (Å²) in [6.45, 7) is 0. The topological polar surface area (TPSA) is 99.2 Å². The first kappa shape index (κ1) is 19.9. The minimum absolute atomic E-state index is 0.203. The quantitative estimate of drug-likeness (QED) is 0.800. The van der Waals surface area contributed by atoms with Gasteiger partial charge in [-0.25, -0.2) is 14.2 Å². The first-order chi connectivity index (χ1) is 13.2. The van der Waals surface area contributed by atoms with Crippen molar-refractivity contribution in [3.63, 3.8) is 0 Å². The summed E-state index contributed by atoms with van der Waals surface area (Å²) in [6, 6.07) is -0.211. The van der Waals surface area contributed by atoms with Crippen LogP contribution in [-0.2, 0) is 18.0 Å². The number of halogens is 3. The molecule has 8 nitrogen and oxygen atoms in total. The molecule has 2 heterocycles. The van der Waals surface area contributed by atoms with Gasteiger partial charge in [-0.05, 0) is 12.3 Å². The highest BCUT2D eigenvalue weighted by Gasteiger charge is 2.37. The van der Waals surface area contributed by atoms with E-state index in [1.807, 2.05) is 0 Å².